The van der Waals surface area contributed by atoms with Crippen LogP contribution in [0.2, 0.25) is 0 Å². The van der Waals surface area contributed by atoms with Crippen molar-refractivity contribution in [1.82, 2.24) is 0 Å². The first-order valence-corrected chi connectivity index (χ1v) is 8.58. The lowest BCUT2D eigenvalue weighted by atomic mass is 10.1. The standard InChI is InChI=1S/C20H25N3O2/c1-23(2)20(17-6-4-3-5-7-17)14-22-13-18(24)15-25-19-10-8-16(12-21)9-11-19/h3-11,18,20,22,24H,13-15H2,1-2H3/p+2/t18-,20+/m0/s1. The van der Waals surface area contributed by atoms with Crippen LogP contribution in [-0.2, 0) is 0 Å². The summed E-state index contributed by atoms with van der Waals surface area (Å²) >= 11 is 0. The van der Waals surface area contributed by atoms with Crippen LogP contribution in [0, 0.1) is 11.3 Å². The number of nitrogens with two attached hydrogens (primary N) is 1. The summed E-state index contributed by atoms with van der Waals surface area (Å²) < 4.78 is 5.57. The number of hydrogen-bond donors (Lipinski definition) is 3. The highest BCUT2D eigenvalue weighted by molar-refractivity contribution is 5.34. The van der Waals surface area contributed by atoms with Crippen LogP contribution in [0.25, 0.3) is 0 Å². The Morgan fingerprint density at radius 2 is 1.76 bits per heavy atom. The van der Waals surface area contributed by atoms with Crippen LogP contribution >= 0.6 is 0 Å². The van der Waals surface area contributed by atoms with E-state index in [0.717, 1.165) is 6.54 Å². The van der Waals surface area contributed by atoms with Gasteiger partial charge in [0.15, 0.2) is 6.04 Å². The zero-order valence-corrected chi connectivity index (χ0v) is 14.9. The molecule has 0 radical (unpaired) electrons. The van der Waals surface area contributed by atoms with Crippen molar-refractivity contribution in [1.29, 1.82) is 5.26 Å². The normalized spacial score (nSPS) is 13.2. The number of aliphatic hydroxyl groups excluding tert-OH is 1. The number of nitrogens with zero attached hydrogens (tertiary/aromatic N) is 1. The van der Waals surface area contributed by atoms with E-state index in [4.69, 9.17) is 10.00 Å². The van der Waals surface area contributed by atoms with E-state index < -0.39 is 6.10 Å². The largest absolute Gasteiger partial charge is 0.491 e. The Balaban J connectivity index is 1.75. The molecule has 4 N–H and O–H groups in total. The van der Waals surface area contributed by atoms with E-state index >= 15 is 0 Å². The molecule has 0 aliphatic carbocycles. The Labute approximate surface area is 149 Å². The topological polar surface area (TPSA) is 74.3 Å². The summed E-state index contributed by atoms with van der Waals surface area (Å²) in [6.45, 7) is 1.74. The summed E-state index contributed by atoms with van der Waals surface area (Å²) in [5, 5.41) is 21.0. The number of hydrogen-bond acceptors (Lipinski definition) is 3. The molecule has 132 valence electrons. The summed E-state index contributed by atoms with van der Waals surface area (Å²) in [7, 11) is 4.30. The number of aliphatic hydroxyl groups is 1. The molecule has 0 bridgehead atoms. The predicted molar refractivity (Wildman–Crippen MR) is 96.3 cm³/mol. The molecule has 0 amide bonds. The second-order valence-electron chi connectivity index (χ2n) is 6.40. The van der Waals surface area contributed by atoms with Gasteiger partial charge in [0.1, 0.15) is 31.5 Å². The Hall–Kier alpha value is -2.39. The lowest BCUT2D eigenvalue weighted by Gasteiger charge is -2.21. The molecular weight excluding hydrogens is 314 g/mol. The molecule has 0 heterocycles. The number of nitriles is 1. The lowest BCUT2D eigenvalue weighted by molar-refractivity contribution is -0.909. The average Bonchev–Trinajstić information content (AvgIpc) is 2.64. The molecule has 2 rings (SSSR count). The van der Waals surface area contributed by atoms with E-state index in [-0.39, 0.29) is 6.61 Å². The van der Waals surface area contributed by atoms with Crippen molar-refractivity contribution < 1.29 is 20.1 Å². The maximum absolute atomic E-state index is 10.1. The summed E-state index contributed by atoms with van der Waals surface area (Å²) in [5.74, 6) is 0.665. The number of benzene rings is 2. The highest BCUT2D eigenvalue weighted by Gasteiger charge is 2.20. The van der Waals surface area contributed by atoms with Gasteiger partial charge >= 0.3 is 0 Å². The molecule has 0 fully saturated rings. The monoisotopic (exact) mass is 341 g/mol. The van der Waals surface area contributed by atoms with E-state index in [1.165, 1.54) is 10.5 Å². The second kappa shape index (κ2) is 9.80. The molecule has 0 saturated carbocycles. The van der Waals surface area contributed by atoms with Crippen LogP contribution in [-0.4, -0.2) is 45.0 Å². The van der Waals surface area contributed by atoms with Gasteiger partial charge in [0, 0.05) is 5.56 Å². The highest BCUT2D eigenvalue weighted by Crippen LogP contribution is 2.11. The van der Waals surface area contributed by atoms with Crippen LogP contribution in [0.3, 0.4) is 0 Å². The van der Waals surface area contributed by atoms with Crippen molar-refractivity contribution in [2.24, 2.45) is 0 Å². The number of likely N-dealkylation sites (N-methyl/N-ethyl adjacent to an activating group) is 1. The molecule has 2 atom stereocenters. The van der Waals surface area contributed by atoms with Gasteiger partial charge in [0.05, 0.1) is 25.7 Å². The summed E-state index contributed by atoms with van der Waals surface area (Å²) in [6.07, 6.45) is -0.538. The average molecular weight is 341 g/mol. The van der Waals surface area contributed by atoms with Gasteiger partial charge in [-0.25, -0.2) is 0 Å². The quantitative estimate of drug-likeness (QED) is 0.589. The lowest BCUT2D eigenvalue weighted by Crippen LogP contribution is -3.09. The van der Waals surface area contributed by atoms with E-state index in [9.17, 15) is 5.11 Å². The summed E-state index contributed by atoms with van der Waals surface area (Å²) in [5.41, 5.74) is 1.90. The van der Waals surface area contributed by atoms with Gasteiger partial charge in [-0.1, -0.05) is 30.3 Å². The molecular formula is C20H27N3O2+2. The molecule has 0 saturated heterocycles. The minimum Gasteiger partial charge on any atom is -0.491 e. The molecule has 0 spiro atoms. The van der Waals surface area contributed by atoms with E-state index in [2.05, 4.69) is 49.7 Å². The van der Waals surface area contributed by atoms with Gasteiger partial charge in [-0.3, -0.25) is 0 Å². The molecule has 25 heavy (non-hydrogen) atoms. The first-order chi connectivity index (χ1) is 12.1. The van der Waals surface area contributed by atoms with Crippen LogP contribution in [0.5, 0.6) is 5.75 Å². The third kappa shape index (κ3) is 6.20. The molecule has 0 unspecified atom stereocenters. The first kappa shape index (κ1) is 18.9. The fraction of sp³-hybridized carbons (Fsp3) is 0.350. The van der Waals surface area contributed by atoms with Gasteiger partial charge in [0.2, 0.25) is 0 Å². The SMILES string of the molecule is C[NH+](C)[C@H](C[NH2+]C[C@H](O)COc1ccc(C#N)cc1)c1ccccc1. The molecule has 2 aromatic rings. The number of quaternary nitrogens is 2. The number of nitrogens with one attached hydrogen (secondary N) is 1. The Bertz CT molecular complexity index is 666. The van der Waals surface area contributed by atoms with Crippen molar-refractivity contribution in [2.75, 3.05) is 33.8 Å². The summed E-state index contributed by atoms with van der Waals surface area (Å²) in [6, 6.07) is 19.8. The molecule has 0 aliphatic rings. The predicted octanol–water partition coefficient (Wildman–Crippen LogP) is -0.253. The maximum atomic E-state index is 10.1. The van der Waals surface area contributed by atoms with Gasteiger partial charge in [-0.15, -0.1) is 0 Å². The number of ether oxygens (including phenoxy) is 1. The second-order valence-corrected chi connectivity index (χ2v) is 6.40. The van der Waals surface area contributed by atoms with E-state index in [1.807, 2.05) is 6.07 Å². The third-order valence-electron chi connectivity index (χ3n) is 4.17. The van der Waals surface area contributed by atoms with Gasteiger partial charge in [-0.2, -0.15) is 5.26 Å². The molecule has 0 aromatic heterocycles. The van der Waals surface area contributed by atoms with Gasteiger partial charge in [-0.05, 0) is 24.3 Å². The minimum absolute atomic E-state index is 0.243. The van der Waals surface area contributed by atoms with Crippen molar-refractivity contribution >= 4 is 0 Å². The van der Waals surface area contributed by atoms with Crippen molar-refractivity contribution in [3.63, 3.8) is 0 Å². The van der Waals surface area contributed by atoms with Crippen LogP contribution in [0.15, 0.2) is 54.6 Å². The summed E-state index contributed by atoms with van der Waals surface area (Å²) in [4.78, 5) is 1.37. The Morgan fingerprint density at radius 1 is 1.08 bits per heavy atom. The third-order valence-corrected chi connectivity index (χ3v) is 4.17. The van der Waals surface area contributed by atoms with Crippen LogP contribution in [0.4, 0.5) is 0 Å². The van der Waals surface area contributed by atoms with Gasteiger partial charge in [0.25, 0.3) is 0 Å². The zero-order valence-electron chi connectivity index (χ0n) is 14.9. The fourth-order valence-corrected chi connectivity index (χ4v) is 2.73. The zero-order chi connectivity index (χ0) is 18.1. The Morgan fingerprint density at radius 3 is 2.36 bits per heavy atom. The van der Waals surface area contributed by atoms with Crippen molar-refractivity contribution in [3.05, 3.63) is 65.7 Å². The first-order valence-electron chi connectivity index (χ1n) is 8.58. The fourth-order valence-electron chi connectivity index (χ4n) is 2.73. The molecule has 5 heteroatoms. The molecule has 0 aliphatic heterocycles. The maximum Gasteiger partial charge on any atom is 0.162 e. The molecule has 2 aromatic carbocycles. The number of rotatable bonds is 9. The van der Waals surface area contributed by atoms with Crippen molar-refractivity contribution in [2.45, 2.75) is 12.1 Å². The highest BCUT2D eigenvalue weighted by atomic mass is 16.5. The van der Waals surface area contributed by atoms with Crippen LogP contribution < -0.4 is 15.0 Å². The van der Waals surface area contributed by atoms with Gasteiger partial charge < -0.3 is 20.1 Å². The Kier molecular flexibility index (Phi) is 7.42. The van der Waals surface area contributed by atoms with E-state index in [1.54, 1.807) is 24.3 Å². The molecule has 5 nitrogen and oxygen atoms in total. The van der Waals surface area contributed by atoms with Crippen molar-refractivity contribution in [3.8, 4) is 11.8 Å². The van der Waals surface area contributed by atoms with Crippen LogP contribution in [0.1, 0.15) is 17.2 Å². The minimum atomic E-state index is -0.538. The van der Waals surface area contributed by atoms with E-state index in [0.29, 0.717) is 23.9 Å². The smallest absolute Gasteiger partial charge is 0.162 e.